The first-order chi connectivity index (χ1) is 11.8. The lowest BCUT2D eigenvalue weighted by Crippen LogP contribution is -2.13. The minimum atomic E-state index is -4.53. The van der Waals surface area contributed by atoms with E-state index in [0.29, 0.717) is 0 Å². The van der Waals surface area contributed by atoms with E-state index >= 15 is 0 Å². The van der Waals surface area contributed by atoms with E-state index in [4.69, 9.17) is 11.6 Å². The van der Waals surface area contributed by atoms with Gasteiger partial charge in [-0.25, -0.2) is 4.68 Å². The Labute approximate surface area is 145 Å². The molecule has 2 aromatic carbocycles. The van der Waals surface area contributed by atoms with Gasteiger partial charge in [-0.1, -0.05) is 29.8 Å². The average Bonchev–Trinajstić information content (AvgIpc) is 3.07. The van der Waals surface area contributed by atoms with Crippen molar-refractivity contribution in [1.29, 1.82) is 0 Å². The number of rotatable bonds is 3. The van der Waals surface area contributed by atoms with Gasteiger partial charge in [0.05, 0.1) is 33.7 Å². The second kappa shape index (κ2) is 6.60. The summed E-state index contributed by atoms with van der Waals surface area (Å²) in [6, 6.07) is 11.8. The molecule has 1 amide bonds. The van der Waals surface area contributed by atoms with Gasteiger partial charge in [-0.05, 0) is 30.3 Å². The van der Waals surface area contributed by atoms with Crippen LogP contribution in [0.2, 0.25) is 5.02 Å². The van der Waals surface area contributed by atoms with E-state index in [9.17, 15) is 18.0 Å². The molecule has 25 heavy (non-hydrogen) atoms. The quantitative estimate of drug-likeness (QED) is 0.725. The monoisotopic (exact) mass is 365 g/mol. The summed E-state index contributed by atoms with van der Waals surface area (Å²) in [6.45, 7) is 0. The van der Waals surface area contributed by atoms with E-state index in [2.05, 4.69) is 10.4 Å². The molecular weight excluding hydrogens is 355 g/mol. The van der Waals surface area contributed by atoms with Crippen LogP contribution in [0.3, 0.4) is 0 Å². The van der Waals surface area contributed by atoms with Gasteiger partial charge in [-0.2, -0.15) is 18.3 Å². The first kappa shape index (κ1) is 17.0. The summed E-state index contributed by atoms with van der Waals surface area (Å²) in [5.74, 6) is -0.608. The lowest BCUT2D eigenvalue weighted by atomic mass is 10.2. The molecule has 0 saturated carbocycles. The van der Waals surface area contributed by atoms with E-state index in [1.807, 2.05) is 18.2 Å². The summed E-state index contributed by atoms with van der Waals surface area (Å²) in [7, 11) is 0. The molecule has 0 unspecified atom stereocenters. The maximum Gasteiger partial charge on any atom is 0.416 e. The van der Waals surface area contributed by atoms with Crippen molar-refractivity contribution in [2.24, 2.45) is 0 Å². The predicted molar refractivity (Wildman–Crippen MR) is 88.0 cm³/mol. The van der Waals surface area contributed by atoms with Crippen LogP contribution < -0.4 is 5.32 Å². The third-order valence-corrected chi connectivity index (χ3v) is 3.74. The Morgan fingerprint density at radius 2 is 1.84 bits per heavy atom. The second-order valence-electron chi connectivity index (χ2n) is 5.16. The molecule has 0 aliphatic heterocycles. The summed E-state index contributed by atoms with van der Waals surface area (Å²) < 4.78 is 39.8. The van der Waals surface area contributed by atoms with Crippen molar-refractivity contribution in [3.05, 3.63) is 77.1 Å². The van der Waals surface area contributed by atoms with Crippen LogP contribution in [-0.2, 0) is 6.18 Å². The molecule has 1 heterocycles. The number of amides is 1. The molecule has 3 aromatic rings. The summed E-state index contributed by atoms with van der Waals surface area (Å²) in [6.07, 6.45) is -1.72. The molecule has 8 heteroatoms. The van der Waals surface area contributed by atoms with Crippen molar-refractivity contribution in [1.82, 2.24) is 9.78 Å². The Balaban J connectivity index is 1.83. The molecule has 0 bridgehead atoms. The number of benzene rings is 2. The van der Waals surface area contributed by atoms with Crippen LogP contribution in [0.4, 0.5) is 18.9 Å². The lowest BCUT2D eigenvalue weighted by molar-refractivity contribution is -0.137. The van der Waals surface area contributed by atoms with Crippen LogP contribution in [-0.4, -0.2) is 15.7 Å². The van der Waals surface area contributed by atoms with Gasteiger partial charge in [-0.15, -0.1) is 0 Å². The Morgan fingerprint density at radius 3 is 2.52 bits per heavy atom. The van der Waals surface area contributed by atoms with Crippen LogP contribution in [0.15, 0.2) is 60.9 Å². The number of carbonyl (C=O) groups is 1. The number of alkyl halides is 3. The minimum absolute atomic E-state index is 0.0109. The maximum absolute atomic E-state index is 12.8. The Bertz CT molecular complexity index is 907. The molecule has 1 N–H and O–H groups in total. The minimum Gasteiger partial charge on any atom is -0.321 e. The molecule has 3 rings (SSSR count). The highest BCUT2D eigenvalue weighted by atomic mass is 35.5. The highest BCUT2D eigenvalue weighted by molar-refractivity contribution is 6.34. The zero-order valence-electron chi connectivity index (χ0n) is 12.6. The molecule has 128 valence electrons. The van der Waals surface area contributed by atoms with Crippen LogP contribution in [0.25, 0.3) is 5.69 Å². The van der Waals surface area contributed by atoms with Gasteiger partial charge in [0.2, 0.25) is 0 Å². The topological polar surface area (TPSA) is 46.9 Å². The smallest absolute Gasteiger partial charge is 0.321 e. The van der Waals surface area contributed by atoms with Gasteiger partial charge in [0.25, 0.3) is 5.91 Å². The third kappa shape index (κ3) is 3.83. The van der Waals surface area contributed by atoms with Crippen molar-refractivity contribution in [3.8, 4) is 5.69 Å². The summed E-state index contributed by atoms with van der Waals surface area (Å²) in [4.78, 5) is 12.3. The highest BCUT2D eigenvalue weighted by Crippen LogP contribution is 2.34. The van der Waals surface area contributed by atoms with Gasteiger partial charge in [0.15, 0.2) is 0 Å². The number of hydrogen-bond acceptors (Lipinski definition) is 2. The van der Waals surface area contributed by atoms with Crippen molar-refractivity contribution >= 4 is 23.2 Å². The molecule has 0 saturated heterocycles. The van der Waals surface area contributed by atoms with Crippen LogP contribution >= 0.6 is 11.6 Å². The first-order valence-electron chi connectivity index (χ1n) is 7.13. The van der Waals surface area contributed by atoms with Gasteiger partial charge in [-0.3, -0.25) is 4.79 Å². The second-order valence-corrected chi connectivity index (χ2v) is 5.56. The molecule has 1 aromatic heterocycles. The Morgan fingerprint density at radius 1 is 1.12 bits per heavy atom. The highest BCUT2D eigenvalue weighted by Gasteiger charge is 2.31. The average molecular weight is 366 g/mol. The van der Waals surface area contributed by atoms with Gasteiger partial charge in [0.1, 0.15) is 0 Å². The van der Waals surface area contributed by atoms with E-state index < -0.39 is 17.6 Å². The molecule has 4 nitrogen and oxygen atoms in total. The Kier molecular flexibility index (Phi) is 4.50. The zero-order valence-corrected chi connectivity index (χ0v) is 13.3. The number of nitrogens with zero attached hydrogens (tertiary/aromatic N) is 2. The third-order valence-electron chi connectivity index (χ3n) is 3.41. The summed E-state index contributed by atoms with van der Waals surface area (Å²) in [5, 5.41) is 6.46. The van der Waals surface area contributed by atoms with Gasteiger partial charge in [0, 0.05) is 6.20 Å². The van der Waals surface area contributed by atoms with Crippen molar-refractivity contribution in [2.75, 3.05) is 5.32 Å². The number of anilines is 1. The predicted octanol–water partition coefficient (Wildman–Crippen LogP) is 4.80. The molecule has 0 spiro atoms. The number of nitrogens with one attached hydrogen (secondary N) is 1. The molecule has 0 aliphatic carbocycles. The van der Waals surface area contributed by atoms with Crippen molar-refractivity contribution < 1.29 is 18.0 Å². The molecule has 0 fully saturated rings. The molecule has 0 atom stereocenters. The molecule has 0 radical (unpaired) electrons. The van der Waals surface area contributed by atoms with E-state index in [-0.39, 0.29) is 16.3 Å². The Hall–Kier alpha value is -2.80. The molecular formula is C17H11ClF3N3O. The normalized spacial score (nSPS) is 11.4. The molecule has 0 aliphatic rings. The first-order valence-corrected chi connectivity index (χ1v) is 7.50. The van der Waals surface area contributed by atoms with Crippen LogP contribution in [0, 0.1) is 0 Å². The SMILES string of the molecule is O=C(Nc1cc(C(F)(F)F)ccc1Cl)c1cnn(-c2ccccc2)c1. The lowest BCUT2D eigenvalue weighted by Gasteiger charge is -2.11. The van der Waals surface area contributed by atoms with E-state index in [1.165, 1.54) is 17.1 Å². The number of halogens is 4. The van der Waals surface area contributed by atoms with Gasteiger partial charge >= 0.3 is 6.18 Å². The maximum atomic E-state index is 12.8. The standard InChI is InChI=1S/C17H11ClF3N3O/c18-14-7-6-12(17(19,20)21)8-15(14)23-16(25)11-9-22-24(10-11)13-4-2-1-3-5-13/h1-10H,(H,23,25). The van der Waals surface area contributed by atoms with Gasteiger partial charge < -0.3 is 5.32 Å². The zero-order chi connectivity index (χ0) is 18.0. The van der Waals surface area contributed by atoms with Crippen molar-refractivity contribution in [2.45, 2.75) is 6.18 Å². The number of hydrogen-bond donors (Lipinski definition) is 1. The number of para-hydroxylation sites is 1. The summed E-state index contributed by atoms with van der Waals surface area (Å²) >= 11 is 5.88. The largest absolute Gasteiger partial charge is 0.416 e. The fourth-order valence-electron chi connectivity index (χ4n) is 2.15. The van der Waals surface area contributed by atoms with E-state index in [0.717, 1.165) is 23.9 Å². The number of aromatic nitrogens is 2. The fraction of sp³-hybridized carbons (Fsp3) is 0.0588. The van der Waals surface area contributed by atoms with E-state index in [1.54, 1.807) is 12.1 Å². The van der Waals surface area contributed by atoms with Crippen molar-refractivity contribution in [3.63, 3.8) is 0 Å². The summed E-state index contributed by atoms with van der Waals surface area (Å²) in [5.41, 5.74) is -0.0721. The number of carbonyl (C=O) groups excluding carboxylic acids is 1. The fourth-order valence-corrected chi connectivity index (χ4v) is 2.32. The van der Waals surface area contributed by atoms with Crippen LogP contribution in [0.5, 0.6) is 0 Å². The van der Waals surface area contributed by atoms with Crippen LogP contribution in [0.1, 0.15) is 15.9 Å².